The van der Waals surface area contributed by atoms with Crippen LogP contribution in [0.25, 0.3) is 11.5 Å². The molecule has 4 rings (SSSR count). The van der Waals surface area contributed by atoms with Crippen molar-refractivity contribution < 1.29 is 13.6 Å². The number of nitrogens with one attached hydrogen (secondary N) is 1. The van der Waals surface area contributed by atoms with Gasteiger partial charge in [0.25, 0.3) is 0 Å². The zero-order valence-corrected chi connectivity index (χ0v) is 16.1. The van der Waals surface area contributed by atoms with E-state index in [9.17, 15) is 9.18 Å². The molecule has 2 heterocycles. The molecule has 0 spiro atoms. The van der Waals surface area contributed by atoms with Gasteiger partial charge in [0, 0.05) is 31.1 Å². The minimum Gasteiger partial charge on any atom is -0.420 e. The first-order chi connectivity index (χ1) is 14.2. The summed E-state index contributed by atoms with van der Waals surface area (Å²) < 4.78 is 18.9. The second-order valence-electron chi connectivity index (χ2n) is 7.18. The number of nitrogens with zero attached hydrogens (tertiary/aromatic N) is 3. The van der Waals surface area contributed by atoms with Crippen LogP contribution in [0.1, 0.15) is 30.2 Å². The molecule has 1 aliphatic heterocycles. The molecule has 2 amide bonds. The first-order valence-corrected chi connectivity index (χ1v) is 9.85. The number of aromatic nitrogens is 2. The lowest BCUT2D eigenvalue weighted by Gasteiger charge is -2.30. The number of hydrogen-bond donors (Lipinski definition) is 1. The highest BCUT2D eigenvalue weighted by molar-refractivity contribution is 5.74. The summed E-state index contributed by atoms with van der Waals surface area (Å²) in [7, 11) is 0. The van der Waals surface area contributed by atoms with Crippen LogP contribution in [-0.4, -0.2) is 40.8 Å². The van der Waals surface area contributed by atoms with Crippen molar-refractivity contribution in [3.05, 3.63) is 71.9 Å². The smallest absolute Gasteiger partial charge is 0.317 e. The van der Waals surface area contributed by atoms with Crippen LogP contribution in [0, 0.1) is 5.82 Å². The number of halogens is 1. The Hall–Kier alpha value is -3.22. The molecule has 150 valence electrons. The summed E-state index contributed by atoms with van der Waals surface area (Å²) in [5.74, 6) is 0.794. The normalized spacial score (nSPS) is 14.7. The molecule has 0 unspecified atom stereocenters. The number of hydrogen-bond acceptors (Lipinski definition) is 4. The van der Waals surface area contributed by atoms with E-state index in [-0.39, 0.29) is 17.8 Å². The number of amides is 2. The summed E-state index contributed by atoms with van der Waals surface area (Å²) in [5.41, 5.74) is 1.90. The third-order valence-electron chi connectivity index (χ3n) is 5.20. The summed E-state index contributed by atoms with van der Waals surface area (Å²) in [6.45, 7) is 1.92. The Morgan fingerprint density at radius 1 is 1.07 bits per heavy atom. The second kappa shape index (κ2) is 8.86. The average molecular weight is 394 g/mol. The van der Waals surface area contributed by atoms with E-state index in [4.69, 9.17) is 4.42 Å². The molecular formula is C22H23FN4O2. The molecule has 3 aromatic rings. The van der Waals surface area contributed by atoms with Crippen LogP contribution < -0.4 is 5.32 Å². The molecule has 0 radical (unpaired) electrons. The molecule has 0 saturated carbocycles. The summed E-state index contributed by atoms with van der Waals surface area (Å²) in [4.78, 5) is 14.2. The fraction of sp³-hybridized carbons (Fsp3) is 0.318. The number of carbonyl (C=O) groups is 1. The average Bonchev–Trinajstić information content (AvgIpc) is 3.25. The predicted molar refractivity (Wildman–Crippen MR) is 107 cm³/mol. The third-order valence-corrected chi connectivity index (χ3v) is 5.20. The maximum atomic E-state index is 13.1. The molecule has 1 N–H and O–H groups in total. The lowest BCUT2D eigenvalue weighted by Crippen LogP contribution is -2.44. The maximum Gasteiger partial charge on any atom is 0.317 e. The highest BCUT2D eigenvalue weighted by Gasteiger charge is 2.27. The van der Waals surface area contributed by atoms with E-state index >= 15 is 0 Å². The summed E-state index contributed by atoms with van der Waals surface area (Å²) in [6, 6.07) is 16.0. The van der Waals surface area contributed by atoms with E-state index in [0.717, 1.165) is 19.3 Å². The molecular weight excluding hydrogens is 371 g/mol. The summed E-state index contributed by atoms with van der Waals surface area (Å²) in [6.07, 6.45) is 2.37. The molecule has 0 atom stereocenters. The number of likely N-dealkylation sites (tertiary alicyclic amines) is 1. The Kier molecular flexibility index (Phi) is 5.84. The Labute approximate surface area is 168 Å². The van der Waals surface area contributed by atoms with Gasteiger partial charge in [0.05, 0.1) is 0 Å². The van der Waals surface area contributed by atoms with Crippen molar-refractivity contribution in [1.29, 1.82) is 0 Å². The third kappa shape index (κ3) is 4.80. The van der Waals surface area contributed by atoms with Gasteiger partial charge in [0.1, 0.15) is 5.82 Å². The van der Waals surface area contributed by atoms with Crippen LogP contribution in [-0.2, 0) is 6.42 Å². The Morgan fingerprint density at radius 2 is 1.79 bits per heavy atom. The van der Waals surface area contributed by atoms with E-state index < -0.39 is 0 Å². The van der Waals surface area contributed by atoms with Gasteiger partial charge in [0.2, 0.25) is 11.8 Å². The van der Waals surface area contributed by atoms with Crippen molar-refractivity contribution in [2.24, 2.45) is 0 Å². The molecule has 1 aromatic heterocycles. The number of benzene rings is 2. The van der Waals surface area contributed by atoms with Gasteiger partial charge in [-0.25, -0.2) is 9.18 Å². The molecule has 0 bridgehead atoms. The zero-order valence-electron chi connectivity index (χ0n) is 16.1. The molecule has 1 saturated heterocycles. The van der Waals surface area contributed by atoms with E-state index in [1.807, 2.05) is 23.1 Å². The van der Waals surface area contributed by atoms with Crippen LogP contribution in [0.4, 0.5) is 9.18 Å². The fourth-order valence-corrected chi connectivity index (χ4v) is 3.51. The molecule has 1 aliphatic rings. The molecule has 1 fully saturated rings. The van der Waals surface area contributed by atoms with E-state index in [2.05, 4.69) is 27.6 Å². The van der Waals surface area contributed by atoms with Crippen LogP contribution in [0.3, 0.4) is 0 Å². The molecule has 29 heavy (non-hydrogen) atoms. The summed E-state index contributed by atoms with van der Waals surface area (Å²) >= 11 is 0. The quantitative estimate of drug-likeness (QED) is 0.710. The second-order valence-corrected chi connectivity index (χ2v) is 7.18. The van der Waals surface area contributed by atoms with Crippen LogP contribution in [0.2, 0.25) is 0 Å². The number of carbonyl (C=O) groups excluding carboxylic acids is 1. The number of piperidine rings is 1. The topological polar surface area (TPSA) is 71.3 Å². The van der Waals surface area contributed by atoms with E-state index in [0.29, 0.717) is 37.0 Å². The molecule has 2 aromatic carbocycles. The Bertz CT molecular complexity index is 935. The van der Waals surface area contributed by atoms with Crippen molar-refractivity contribution >= 4 is 6.03 Å². The monoisotopic (exact) mass is 394 g/mol. The van der Waals surface area contributed by atoms with Gasteiger partial charge in [-0.05, 0) is 49.1 Å². The fourth-order valence-electron chi connectivity index (χ4n) is 3.51. The molecule has 0 aliphatic carbocycles. The van der Waals surface area contributed by atoms with Crippen molar-refractivity contribution in [1.82, 2.24) is 20.4 Å². The van der Waals surface area contributed by atoms with Gasteiger partial charge in [-0.1, -0.05) is 30.3 Å². The van der Waals surface area contributed by atoms with Gasteiger partial charge in [0.15, 0.2) is 0 Å². The SMILES string of the molecule is O=C(NCCc1ccccc1)N1CCC(c2nnc(-c3ccc(F)cc3)o2)CC1. The Balaban J connectivity index is 1.26. The standard InChI is InChI=1S/C22H23FN4O2/c23-19-8-6-17(7-9-19)20-25-26-21(29-20)18-11-14-27(15-12-18)22(28)24-13-10-16-4-2-1-3-5-16/h1-9,18H,10-15H2,(H,24,28). The van der Waals surface area contributed by atoms with Crippen LogP contribution in [0.15, 0.2) is 59.0 Å². The van der Waals surface area contributed by atoms with Gasteiger partial charge in [-0.2, -0.15) is 0 Å². The number of rotatable bonds is 5. The van der Waals surface area contributed by atoms with Gasteiger partial charge in [-0.15, -0.1) is 10.2 Å². The lowest BCUT2D eigenvalue weighted by molar-refractivity contribution is 0.177. The van der Waals surface area contributed by atoms with Crippen LogP contribution >= 0.6 is 0 Å². The maximum absolute atomic E-state index is 13.1. The van der Waals surface area contributed by atoms with Gasteiger partial charge in [-0.3, -0.25) is 0 Å². The predicted octanol–water partition coefficient (Wildman–Crippen LogP) is 4.01. The van der Waals surface area contributed by atoms with Crippen LogP contribution in [0.5, 0.6) is 0 Å². The summed E-state index contributed by atoms with van der Waals surface area (Å²) in [5, 5.41) is 11.2. The van der Waals surface area contributed by atoms with E-state index in [1.54, 1.807) is 12.1 Å². The molecule has 6 nitrogen and oxygen atoms in total. The van der Waals surface area contributed by atoms with Crippen molar-refractivity contribution in [2.45, 2.75) is 25.2 Å². The first-order valence-electron chi connectivity index (χ1n) is 9.85. The molecule has 7 heteroatoms. The number of urea groups is 1. The van der Waals surface area contributed by atoms with Gasteiger partial charge < -0.3 is 14.6 Å². The first kappa shape index (κ1) is 19.1. The minimum atomic E-state index is -0.303. The van der Waals surface area contributed by atoms with Crippen molar-refractivity contribution in [3.8, 4) is 11.5 Å². The van der Waals surface area contributed by atoms with Gasteiger partial charge >= 0.3 is 6.03 Å². The lowest BCUT2D eigenvalue weighted by atomic mass is 9.97. The Morgan fingerprint density at radius 3 is 2.52 bits per heavy atom. The van der Waals surface area contributed by atoms with E-state index in [1.165, 1.54) is 17.7 Å². The highest BCUT2D eigenvalue weighted by Crippen LogP contribution is 2.29. The highest BCUT2D eigenvalue weighted by atomic mass is 19.1. The van der Waals surface area contributed by atoms with Crippen molar-refractivity contribution in [3.63, 3.8) is 0 Å². The largest absolute Gasteiger partial charge is 0.420 e. The zero-order chi connectivity index (χ0) is 20.1. The minimum absolute atomic E-state index is 0.0306. The van der Waals surface area contributed by atoms with Crippen molar-refractivity contribution in [2.75, 3.05) is 19.6 Å².